The monoisotopic (exact) mass is 457 g/mol. The first-order valence-corrected chi connectivity index (χ1v) is 12.0. The molecule has 3 N–H and O–H groups in total. The Morgan fingerprint density at radius 3 is 2.85 bits per heavy atom. The number of fused-ring (bicyclic) bond motifs is 2. The number of pyridine rings is 1. The van der Waals surface area contributed by atoms with Crippen LogP contribution in [0.4, 0.5) is 4.79 Å². The number of aromatic nitrogens is 3. The number of aliphatic hydroxyl groups is 1. The van der Waals surface area contributed by atoms with Crippen molar-refractivity contribution in [3.8, 4) is 5.69 Å². The predicted molar refractivity (Wildman–Crippen MR) is 131 cm³/mol. The van der Waals surface area contributed by atoms with Crippen LogP contribution in [-0.4, -0.2) is 39.1 Å². The molecule has 2 aliphatic carbocycles. The lowest BCUT2D eigenvalue weighted by Gasteiger charge is -2.37. The lowest BCUT2D eigenvalue weighted by Crippen LogP contribution is -2.41. The predicted octanol–water partition coefficient (Wildman–Crippen LogP) is 4.05. The van der Waals surface area contributed by atoms with Crippen molar-refractivity contribution in [2.75, 3.05) is 13.2 Å². The second-order valence-corrected chi connectivity index (χ2v) is 9.50. The van der Waals surface area contributed by atoms with E-state index in [4.69, 9.17) is 5.11 Å². The van der Waals surface area contributed by atoms with Gasteiger partial charge in [0.05, 0.1) is 36.4 Å². The Hall–Kier alpha value is -3.45. The van der Waals surface area contributed by atoms with Crippen LogP contribution in [0.5, 0.6) is 0 Å². The molecule has 34 heavy (non-hydrogen) atoms. The Kier molecular flexibility index (Phi) is 6.20. The summed E-state index contributed by atoms with van der Waals surface area (Å²) in [6.45, 7) is 2.53. The Morgan fingerprint density at radius 2 is 2.09 bits per heavy atom. The molecule has 2 aromatic heterocycles. The van der Waals surface area contributed by atoms with Crippen molar-refractivity contribution < 1.29 is 9.90 Å². The van der Waals surface area contributed by atoms with Gasteiger partial charge in [0.2, 0.25) is 0 Å². The highest BCUT2D eigenvalue weighted by Crippen LogP contribution is 2.55. The molecule has 1 unspecified atom stereocenters. The fourth-order valence-electron chi connectivity index (χ4n) is 5.62. The number of amides is 2. The molecule has 0 bridgehead atoms. The minimum absolute atomic E-state index is 0.0338. The number of aliphatic hydroxyl groups excluding tert-OH is 1. The molecular weight excluding hydrogens is 426 g/mol. The number of hydrogen-bond acceptors (Lipinski definition) is 4. The normalized spacial score (nSPS) is 21.8. The number of nitrogens with one attached hydrogen (secondary N) is 2. The summed E-state index contributed by atoms with van der Waals surface area (Å²) in [5.41, 5.74) is 5.98. The van der Waals surface area contributed by atoms with E-state index in [0.717, 1.165) is 42.6 Å². The number of rotatable bonds is 7. The number of nitrogens with zero attached hydrogens (tertiary/aromatic N) is 3. The molecule has 2 aliphatic rings. The zero-order valence-electron chi connectivity index (χ0n) is 19.4. The number of benzene rings is 1. The van der Waals surface area contributed by atoms with Crippen LogP contribution >= 0.6 is 0 Å². The summed E-state index contributed by atoms with van der Waals surface area (Å²) in [7, 11) is 0. The zero-order chi connectivity index (χ0) is 23.5. The van der Waals surface area contributed by atoms with Gasteiger partial charge in [-0.15, -0.1) is 0 Å². The molecule has 0 radical (unpaired) electrons. The minimum Gasteiger partial charge on any atom is -0.395 e. The molecule has 7 nitrogen and oxygen atoms in total. The fraction of sp³-hybridized carbons (Fsp3) is 0.370. The van der Waals surface area contributed by atoms with Crippen molar-refractivity contribution in [3.05, 3.63) is 83.4 Å². The van der Waals surface area contributed by atoms with Crippen LogP contribution in [0.15, 0.2) is 66.6 Å². The van der Waals surface area contributed by atoms with Crippen LogP contribution in [0, 0.1) is 11.3 Å². The fourth-order valence-corrected chi connectivity index (χ4v) is 5.62. The van der Waals surface area contributed by atoms with Crippen LogP contribution in [0.25, 0.3) is 11.8 Å². The van der Waals surface area contributed by atoms with Crippen molar-refractivity contribution in [2.24, 2.45) is 11.3 Å². The highest BCUT2D eigenvalue weighted by atomic mass is 16.3. The molecule has 7 heteroatoms. The summed E-state index contributed by atoms with van der Waals surface area (Å²) in [4.78, 5) is 16.7. The molecule has 3 aromatic rings. The summed E-state index contributed by atoms with van der Waals surface area (Å²) in [6, 6.07) is 13.8. The molecule has 176 valence electrons. The Morgan fingerprint density at radius 1 is 1.24 bits per heavy atom. The highest BCUT2D eigenvalue weighted by molar-refractivity contribution is 5.74. The van der Waals surface area contributed by atoms with Gasteiger partial charge in [-0.05, 0) is 66.4 Å². The summed E-state index contributed by atoms with van der Waals surface area (Å²) in [5, 5.41) is 19.6. The first kappa shape index (κ1) is 22.3. The van der Waals surface area contributed by atoms with Gasteiger partial charge in [0.1, 0.15) is 0 Å². The van der Waals surface area contributed by atoms with Crippen LogP contribution in [0.2, 0.25) is 0 Å². The first-order valence-electron chi connectivity index (χ1n) is 12.0. The lowest BCUT2D eigenvalue weighted by molar-refractivity contribution is 0.213. The van der Waals surface area contributed by atoms with Gasteiger partial charge in [-0.1, -0.05) is 42.8 Å². The van der Waals surface area contributed by atoms with Gasteiger partial charge in [0.15, 0.2) is 0 Å². The van der Waals surface area contributed by atoms with E-state index in [0.29, 0.717) is 5.92 Å². The van der Waals surface area contributed by atoms with Gasteiger partial charge in [0.25, 0.3) is 0 Å². The maximum atomic E-state index is 12.5. The molecule has 1 fully saturated rings. The van der Waals surface area contributed by atoms with E-state index in [2.05, 4.69) is 45.8 Å². The smallest absolute Gasteiger partial charge is 0.315 e. The molecule has 0 aliphatic heterocycles. The third kappa shape index (κ3) is 4.23. The Balaban J connectivity index is 1.39. The number of carbonyl (C=O) groups is 1. The molecule has 1 saturated carbocycles. The summed E-state index contributed by atoms with van der Waals surface area (Å²) in [6.07, 6.45) is 11.9. The average Bonchev–Trinajstić information content (AvgIpc) is 3.41. The topological polar surface area (TPSA) is 92.1 Å². The lowest BCUT2D eigenvalue weighted by atomic mass is 9.68. The van der Waals surface area contributed by atoms with Crippen LogP contribution in [-0.2, 0) is 6.42 Å². The van der Waals surface area contributed by atoms with Gasteiger partial charge in [0, 0.05) is 12.7 Å². The van der Waals surface area contributed by atoms with Crippen molar-refractivity contribution >= 4 is 12.1 Å². The van der Waals surface area contributed by atoms with E-state index in [9.17, 15) is 4.79 Å². The second-order valence-electron chi connectivity index (χ2n) is 9.50. The van der Waals surface area contributed by atoms with Gasteiger partial charge in [-0.25, -0.2) is 9.48 Å². The Bertz CT molecular complexity index is 1170. The first-order chi connectivity index (χ1) is 16.6. The van der Waals surface area contributed by atoms with Gasteiger partial charge in [-0.3, -0.25) is 4.98 Å². The molecule has 0 spiro atoms. The van der Waals surface area contributed by atoms with Crippen molar-refractivity contribution in [1.29, 1.82) is 0 Å². The van der Waals surface area contributed by atoms with E-state index < -0.39 is 0 Å². The standard InChI is InChI=1S/C27H31N5O2/c1-27-16-20-17-30-32(23-8-5-11-28-18-23)25(20)15-22(27)10-9-21(27)14-24(19-6-3-2-4-7-19)31-26(34)29-12-13-33/h2-8,11,15,17-18,21,24,33H,9-10,12-14,16H2,1H3,(H2,29,31,34)/t21-,24?,27-/m1/s1. The SMILES string of the molecule is C[C@]12Cc3cnn(-c4cccnc4)c3C=C1CC[C@@H]2CC(NC(=O)NCCO)c1ccccc1. The van der Waals surface area contributed by atoms with E-state index in [-0.39, 0.29) is 30.6 Å². The number of hydrogen-bond donors (Lipinski definition) is 3. The molecule has 2 heterocycles. The van der Waals surface area contributed by atoms with Crippen molar-refractivity contribution in [3.63, 3.8) is 0 Å². The zero-order valence-corrected chi connectivity index (χ0v) is 19.4. The van der Waals surface area contributed by atoms with Gasteiger partial charge in [-0.2, -0.15) is 5.10 Å². The third-order valence-corrected chi connectivity index (χ3v) is 7.47. The van der Waals surface area contributed by atoms with Crippen LogP contribution in [0.1, 0.15) is 49.0 Å². The molecular formula is C27H31N5O2. The number of allylic oxidation sites excluding steroid dienone is 1. The summed E-state index contributed by atoms with van der Waals surface area (Å²) >= 11 is 0. The minimum atomic E-state index is -0.245. The van der Waals surface area contributed by atoms with E-state index in [1.807, 2.05) is 47.4 Å². The highest BCUT2D eigenvalue weighted by Gasteiger charge is 2.46. The van der Waals surface area contributed by atoms with E-state index in [1.54, 1.807) is 6.20 Å². The average molecular weight is 458 g/mol. The number of carbonyl (C=O) groups excluding carboxylic acids is 1. The van der Waals surface area contributed by atoms with Crippen molar-refractivity contribution in [2.45, 2.75) is 38.6 Å². The van der Waals surface area contributed by atoms with Gasteiger partial charge < -0.3 is 15.7 Å². The quantitative estimate of drug-likeness (QED) is 0.499. The molecule has 5 rings (SSSR count). The molecule has 2 amide bonds. The number of urea groups is 1. The van der Waals surface area contributed by atoms with E-state index in [1.165, 1.54) is 11.1 Å². The third-order valence-electron chi connectivity index (χ3n) is 7.47. The molecule has 1 aromatic carbocycles. The summed E-state index contributed by atoms with van der Waals surface area (Å²) in [5.74, 6) is 0.428. The van der Waals surface area contributed by atoms with E-state index >= 15 is 0 Å². The van der Waals surface area contributed by atoms with Crippen LogP contribution < -0.4 is 10.6 Å². The maximum absolute atomic E-state index is 12.5. The Labute approximate surface area is 199 Å². The maximum Gasteiger partial charge on any atom is 0.315 e. The summed E-state index contributed by atoms with van der Waals surface area (Å²) < 4.78 is 1.99. The van der Waals surface area contributed by atoms with Crippen LogP contribution in [0.3, 0.4) is 0 Å². The molecule has 0 saturated heterocycles. The molecule has 3 atom stereocenters. The van der Waals surface area contributed by atoms with Gasteiger partial charge >= 0.3 is 6.03 Å². The van der Waals surface area contributed by atoms with Crippen molar-refractivity contribution in [1.82, 2.24) is 25.4 Å². The largest absolute Gasteiger partial charge is 0.395 e. The second kappa shape index (κ2) is 9.43.